The predicted molar refractivity (Wildman–Crippen MR) is 73.4 cm³/mol. The van der Waals surface area contributed by atoms with Crippen LogP contribution in [0.1, 0.15) is 41.6 Å². The highest BCUT2D eigenvalue weighted by Crippen LogP contribution is 2.29. The van der Waals surface area contributed by atoms with Gasteiger partial charge in [-0.2, -0.15) is 0 Å². The molecule has 0 radical (unpaired) electrons. The molecule has 1 atom stereocenters. The van der Waals surface area contributed by atoms with Gasteiger partial charge in [-0.1, -0.05) is 18.3 Å². The molecule has 2 rings (SSSR count). The van der Waals surface area contributed by atoms with Gasteiger partial charge in [0.1, 0.15) is 4.88 Å². The van der Waals surface area contributed by atoms with Crippen molar-refractivity contribution in [2.24, 2.45) is 5.92 Å². The van der Waals surface area contributed by atoms with Crippen LogP contribution in [0.25, 0.3) is 0 Å². The first-order valence-electron chi connectivity index (χ1n) is 6.42. The van der Waals surface area contributed by atoms with E-state index in [0.29, 0.717) is 4.88 Å². The Hall–Kier alpha value is -1.10. The Bertz CT molecular complexity index is 431. The molecule has 0 N–H and O–H groups in total. The summed E-state index contributed by atoms with van der Waals surface area (Å²) in [6.45, 7) is 6.25. The Morgan fingerprint density at radius 1 is 1.44 bits per heavy atom. The maximum absolute atomic E-state index is 11.6. The van der Waals surface area contributed by atoms with Crippen molar-refractivity contribution in [2.45, 2.75) is 33.1 Å². The van der Waals surface area contributed by atoms with Gasteiger partial charge in [-0.05, 0) is 32.1 Å². The summed E-state index contributed by atoms with van der Waals surface area (Å²) in [6.07, 6.45) is 3.68. The summed E-state index contributed by atoms with van der Waals surface area (Å²) in [5.74, 6) is 0.510. The third-order valence-electron chi connectivity index (χ3n) is 3.44. The summed E-state index contributed by atoms with van der Waals surface area (Å²) in [5, 5.41) is 0.960. The highest BCUT2D eigenvalue weighted by atomic mass is 32.1. The molecule has 18 heavy (non-hydrogen) atoms. The zero-order valence-electron chi connectivity index (χ0n) is 11.2. The Morgan fingerprint density at radius 2 is 2.22 bits per heavy atom. The predicted octanol–water partition coefficient (Wildman–Crippen LogP) is 2.86. The van der Waals surface area contributed by atoms with Crippen LogP contribution in [0.5, 0.6) is 0 Å². The standard InChI is InChI=1S/C13H20N2O2S/c1-9-5-4-7-15(8-6-9)13-14-10(2)11(18-13)12(16)17-3/h9H,4-8H2,1-3H3. The molecule has 1 aliphatic rings. The zero-order chi connectivity index (χ0) is 13.1. The van der Waals surface area contributed by atoms with Crippen LogP contribution in [0.2, 0.25) is 0 Å². The number of methoxy groups -OCH3 is 1. The molecule has 1 aromatic rings. The van der Waals surface area contributed by atoms with Crippen LogP contribution in [-0.4, -0.2) is 31.2 Å². The molecule has 0 spiro atoms. The molecule has 0 aromatic carbocycles. The molecule has 5 heteroatoms. The van der Waals surface area contributed by atoms with E-state index in [1.54, 1.807) is 0 Å². The first kappa shape index (κ1) is 13.3. The highest BCUT2D eigenvalue weighted by molar-refractivity contribution is 7.17. The van der Waals surface area contributed by atoms with Gasteiger partial charge in [0.2, 0.25) is 0 Å². The molecule has 1 aromatic heterocycles. The van der Waals surface area contributed by atoms with Crippen molar-refractivity contribution in [3.05, 3.63) is 10.6 Å². The Morgan fingerprint density at radius 3 is 2.94 bits per heavy atom. The molecule has 1 aliphatic heterocycles. The number of anilines is 1. The van der Waals surface area contributed by atoms with E-state index in [0.717, 1.165) is 29.8 Å². The Labute approximate surface area is 112 Å². The van der Waals surface area contributed by atoms with Gasteiger partial charge in [-0.3, -0.25) is 0 Å². The number of carbonyl (C=O) groups is 1. The van der Waals surface area contributed by atoms with Gasteiger partial charge >= 0.3 is 5.97 Å². The number of ether oxygens (including phenoxy) is 1. The molecular formula is C13H20N2O2S. The molecule has 100 valence electrons. The van der Waals surface area contributed by atoms with Crippen LogP contribution in [0.3, 0.4) is 0 Å². The summed E-state index contributed by atoms with van der Waals surface area (Å²) in [6, 6.07) is 0. The van der Waals surface area contributed by atoms with E-state index in [1.807, 2.05) is 6.92 Å². The van der Waals surface area contributed by atoms with E-state index < -0.39 is 0 Å². The molecule has 1 fully saturated rings. The van der Waals surface area contributed by atoms with Crippen LogP contribution in [0, 0.1) is 12.8 Å². The number of carbonyl (C=O) groups excluding carboxylic acids is 1. The first-order valence-corrected chi connectivity index (χ1v) is 7.24. The monoisotopic (exact) mass is 268 g/mol. The molecule has 4 nitrogen and oxygen atoms in total. The third kappa shape index (κ3) is 2.83. The lowest BCUT2D eigenvalue weighted by Gasteiger charge is -2.18. The lowest BCUT2D eigenvalue weighted by molar-refractivity contribution is 0.0605. The van der Waals surface area contributed by atoms with E-state index in [2.05, 4.69) is 16.8 Å². The molecule has 2 heterocycles. The van der Waals surface area contributed by atoms with Crippen LogP contribution >= 0.6 is 11.3 Å². The topological polar surface area (TPSA) is 42.4 Å². The van der Waals surface area contributed by atoms with Gasteiger partial charge in [0.05, 0.1) is 12.8 Å². The Kier molecular flexibility index (Phi) is 4.22. The normalized spacial score (nSPS) is 20.6. The number of hydrogen-bond donors (Lipinski definition) is 0. The van der Waals surface area contributed by atoms with Crippen LogP contribution in [0.15, 0.2) is 0 Å². The average Bonchev–Trinajstić information content (AvgIpc) is 2.60. The maximum Gasteiger partial charge on any atom is 0.350 e. The van der Waals surface area contributed by atoms with Gasteiger partial charge < -0.3 is 9.64 Å². The van der Waals surface area contributed by atoms with E-state index >= 15 is 0 Å². The maximum atomic E-state index is 11.6. The second-order valence-corrected chi connectivity index (χ2v) is 5.90. The van der Waals surface area contributed by atoms with Crippen molar-refractivity contribution in [3.8, 4) is 0 Å². The molecular weight excluding hydrogens is 248 g/mol. The van der Waals surface area contributed by atoms with Crippen molar-refractivity contribution in [3.63, 3.8) is 0 Å². The number of aryl methyl sites for hydroxylation is 1. The summed E-state index contributed by atoms with van der Waals surface area (Å²) in [4.78, 5) is 19.0. The quantitative estimate of drug-likeness (QED) is 0.774. The fourth-order valence-electron chi connectivity index (χ4n) is 2.25. The molecule has 1 saturated heterocycles. The minimum Gasteiger partial charge on any atom is -0.465 e. The van der Waals surface area contributed by atoms with Crippen molar-refractivity contribution >= 4 is 22.4 Å². The first-order chi connectivity index (χ1) is 8.61. The molecule has 0 amide bonds. The summed E-state index contributed by atoms with van der Waals surface area (Å²) < 4.78 is 4.77. The van der Waals surface area contributed by atoms with Crippen LogP contribution < -0.4 is 4.90 Å². The number of hydrogen-bond acceptors (Lipinski definition) is 5. The SMILES string of the molecule is COC(=O)c1sc(N2CCCC(C)CC2)nc1C. The number of esters is 1. The van der Waals surface area contributed by atoms with Crippen molar-refractivity contribution in [1.29, 1.82) is 0 Å². The molecule has 0 bridgehead atoms. The number of aromatic nitrogens is 1. The van der Waals surface area contributed by atoms with Gasteiger partial charge in [0, 0.05) is 13.1 Å². The zero-order valence-corrected chi connectivity index (χ0v) is 12.0. The van der Waals surface area contributed by atoms with E-state index in [4.69, 9.17) is 4.74 Å². The van der Waals surface area contributed by atoms with Crippen molar-refractivity contribution < 1.29 is 9.53 Å². The number of nitrogens with zero attached hydrogens (tertiary/aromatic N) is 2. The van der Waals surface area contributed by atoms with Crippen molar-refractivity contribution in [2.75, 3.05) is 25.1 Å². The van der Waals surface area contributed by atoms with Gasteiger partial charge in [-0.15, -0.1) is 0 Å². The average molecular weight is 268 g/mol. The van der Waals surface area contributed by atoms with E-state index in [9.17, 15) is 4.79 Å². The van der Waals surface area contributed by atoms with Crippen LogP contribution in [0.4, 0.5) is 5.13 Å². The van der Waals surface area contributed by atoms with Gasteiger partial charge in [0.25, 0.3) is 0 Å². The second-order valence-electron chi connectivity index (χ2n) is 4.93. The fourth-order valence-corrected chi connectivity index (χ4v) is 3.29. The highest BCUT2D eigenvalue weighted by Gasteiger charge is 2.21. The summed E-state index contributed by atoms with van der Waals surface area (Å²) in [7, 11) is 1.41. The van der Waals surface area contributed by atoms with E-state index in [1.165, 1.54) is 37.7 Å². The summed E-state index contributed by atoms with van der Waals surface area (Å²) >= 11 is 1.45. The second kappa shape index (κ2) is 5.69. The number of thiazole rings is 1. The smallest absolute Gasteiger partial charge is 0.350 e. The minimum absolute atomic E-state index is 0.278. The van der Waals surface area contributed by atoms with E-state index in [-0.39, 0.29) is 5.97 Å². The minimum atomic E-state index is -0.278. The van der Waals surface area contributed by atoms with Crippen LogP contribution in [-0.2, 0) is 4.74 Å². The summed E-state index contributed by atoms with van der Waals surface area (Å²) in [5.41, 5.74) is 0.777. The largest absolute Gasteiger partial charge is 0.465 e. The molecule has 1 unspecified atom stereocenters. The van der Waals surface area contributed by atoms with Gasteiger partial charge in [-0.25, -0.2) is 9.78 Å². The fraction of sp³-hybridized carbons (Fsp3) is 0.692. The van der Waals surface area contributed by atoms with Crippen molar-refractivity contribution in [1.82, 2.24) is 4.98 Å². The lowest BCUT2D eigenvalue weighted by Crippen LogP contribution is -2.23. The third-order valence-corrected chi connectivity index (χ3v) is 4.64. The lowest BCUT2D eigenvalue weighted by atomic mass is 10.0. The van der Waals surface area contributed by atoms with Gasteiger partial charge in [0.15, 0.2) is 5.13 Å². The molecule has 0 saturated carbocycles. The Balaban J connectivity index is 2.15. The molecule has 0 aliphatic carbocycles. The number of rotatable bonds is 2.